The van der Waals surface area contributed by atoms with Crippen molar-refractivity contribution in [1.29, 1.82) is 0 Å². The van der Waals surface area contributed by atoms with Crippen molar-refractivity contribution in [1.82, 2.24) is 0 Å². The van der Waals surface area contributed by atoms with Crippen molar-refractivity contribution in [2.75, 3.05) is 0 Å². The van der Waals surface area contributed by atoms with Gasteiger partial charge in [0.2, 0.25) is 0 Å². The van der Waals surface area contributed by atoms with Crippen molar-refractivity contribution in [3.63, 3.8) is 0 Å². The fraction of sp³-hybridized carbons (Fsp3) is 0.308. The molecule has 0 saturated carbocycles. The molecule has 0 N–H and O–H groups in total. The maximum Gasteiger partial charge on any atom is 0.166 e. The number of hydrogen-bond acceptors (Lipinski definition) is 1. The lowest BCUT2D eigenvalue weighted by Crippen LogP contribution is -2.07. The van der Waals surface area contributed by atoms with E-state index < -0.39 is 0 Å². The average molecular weight is 221 g/mol. The average Bonchev–Trinajstić information content (AvgIpc) is 2.53. The molecule has 0 aliphatic heterocycles. The highest BCUT2D eigenvalue weighted by atomic mass is 35.5. The van der Waals surface area contributed by atoms with Crippen LogP contribution >= 0.6 is 11.6 Å². The molecule has 0 aromatic heterocycles. The molecule has 78 valence electrons. The minimum atomic E-state index is 0.120. The predicted octanol–water partition coefficient (Wildman–Crippen LogP) is 3.66. The van der Waals surface area contributed by atoms with Gasteiger partial charge in [0.15, 0.2) is 5.78 Å². The molecule has 1 unspecified atom stereocenters. The van der Waals surface area contributed by atoms with E-state index in [1.165, 1.54) is 0 Å². The molecule has 2 rings (SSSR count). The first-order chi connectivity index (χ1) is 7.22. The van der Waals surface area contributed by atoms with Gasteiger partial charge in [-0.25, -0.2) is 0 Å². The van der Waals surface area contributed by atoms with Gasteiger partial charge < -0.3 is 0 Å². The fourth-order valence-corrected chi connectivity index (χ4v) is 2.20. The summed E-state index contributed by atoms with van der Waals surface area (Å²) in [5, 5.41) is 0.647. The van der Waals surface area contributed by atoms with Crippen LogP contribution in [0.1, 0.15) is 29.3 Å². The van der Waals surface area contributed by atoms with Crippen LogP contribution in [-0.4, -0.2) is 5.78 Å². The summed E-state index contributed by atoms with van der Waals surface area (Å²) in [4.78, 5) is 12.0. The van der Waals surface area contributed by atoms with Crippen molar-refractivity contribution >= 4 is 17.4 Å². The summed E-state index contributed by atoms with van der Waals surface area (Å²) < 4.78 is 0. The minimum absolute atomic E-state index is 0.120. The quantitative estimate of drug-likeness (QED) is 0.696. The molecule has 0 saturated heterocycles. The van der Waals surface area contributed by atoms with Gasteiger partial charge in [0, 0.05) is 16.5 Å². The Morgan fingerprint density at radius 3 is 3.07 bits per heavy atom. The van der Waals surface area contributed by atoms with E-state index in [0.29, 0.717) is 5.02 Å². The van der Waals surface area contributed by atoms with Gasteiger partial charge in [-0.1, -0.05) is 29.8 Å². The molecule has 0 fully saturated rings. The third-order valence-corrected chi connectivity index (χ3v) is 3.07. The lowest BCUT2D eigenvalue weighted by atomic mass is 10.0. The highest BCUT2D eigenvalue weighted by molar-refractivity contribution is 6.31. The summed E-state index contributed by atoms with van der Waals surface area (Å²) in [6.45, 7) is 1.98. The van der Waals surface area contributed by atoms with Crippen LogP contribution in [0.3, 0.4) is 0 Å². The Labute approximate surface area is 94.8 Å². The number of allylic oxidation sites excluding steroid dienone is 2. The van der Waals surface area contributed by atoms with Gasteiger partial charge in [0.25, 0.3) is 0 Å². The molecule has 0 radical (unpaired) electrons. The number of benzene rings is 1. The van der Waals surface area contributed by atoms with Crippen molar-refractivity contribution in [2.24, 2.45) is 5.92 Å². The van der Waals surface area contributed by atoms with Crippen molar-refractivity contribution in [2.45, 2.75) is 19.8 Å². The van der Waals surface area contributed by atoms with E-state index >= 15 is 0 Å². The monoisotopic (exact) mass is 220 g/mol. The van der Waals surface area contributed by atoms with Crippen LogP contribution in [0.2, 0.25) is 5.02 Å². The van der Waals surface area contributed by atoms with Gasteiger partial charge in [-0.15, -0.1) is 0 Å². The normalized spacial score (nSPS) is 19.9. The smallest absolute Gasteiger partial charge is 0.166 e. The third-order valence-electron chi connectivity index (χ3n) is 2.83. The molecule has 1 aromatic carbocycles. The van der Waals surface area contributed by atoms with Gasteiger partial charge in [0.05, 0.1) is 0 Å². The number of carbonyl (C=O) groups is 1. The first-order valence-electron chi connectivity index (χ1n) is 5.16. The second-order valence-electron chi connectivity index (χ2n) is 3.87. The van der Waals surface area contributed by atoms with E-state index in [1.54, 1.807) is 6.07 Å². The van der Waals surface area contributed by atoms with E-state index in [0.717, 1.165) is 24.0 Å². The maximum absolute atomic E-state index is 12.0. The molecule has 1 aromatic rings. The zero-order valence-corrected chi connectivity index (χ0v) is 9.42. The Bertz CT molecular complexity index is 421. The Balaban J connectivity index is 2.25. The Hall–Kier alpha value is -1.08. The molecule has 15 heavy (non-hydrogen) atoms. The summed E-state index contributed by atoms with van der Waals surface area (Å²) in [7, 11) is 0. The summed E-state index contributed by atoms with van der Waals surface area (Å²) >= 11 is 5.87. The summed E-state index contributed by atoms with van der Waals surface area (Å²) in [6, 6.07) is 5.60. The van der Waals surface area contributed by atoms with Crippen LogP contribution in [0.25, 0.3) is 0 Å². The SMILES string of the molecule is CC=CCC1Cc2ccc(Cl)cc2C1=O. The molecule has 1 aliphatic carbocycles. The fourth-order valence-electron chi connectivity index (χ4n) is 2.02. The molecule has 1 aliphatic rings. The van der Waals surface area contributed by atoms with E-state index in [1.807, 2.05) is 25.1 Å². The number of rotatable bonds is 2. The Morgan fingerprint density at radius 2 is 2.33 bits per heavy atom. The Kier molecular flexibility index (Phi) is 2.92. The number of halogens is 1. The molecular weight excluding hydrogens is 208 g/mol. The van der Waals surface area contributed by atoms with E-state index in [9.17, 15) is 4.79 Å². The van der Waals surface area contributed by atoms with Crippen LogP contribution in [0.15, 0.2) is 30.4 Å². The first kappa shape index (κ1) is 10.4. The van der Waals surface area contributed by atoms with E-state index in [2.05, 4.69) is 6.08 Å². The first-order valence-corrected chi connectivity index (χ1v) is 5.54. The second kappa shape index (κ2) is 4.19. The lowest BCUT2D eigenvalue weighted by Gasteiger charge is -2.01. The van der Waals surface area contributed by atoms with Crippen molar-refractivity contribution in [3.05, 3.63) is 46.5 Å². The minimum Gasteiger partial charge on any atom is -0.294 e. The van der Waals surface area contributed by atoms with Gasteiger partial charge in [-0.2, -0.15) is 0 Å². The molecule has 1 nitrogen and oxygen atoms in total. The number of carbonyl (C=O) groups excluding carboxylic acids is 1. The van der Waals surface area contributed by atoms with Crippen molar-refractivity contribution in [3.8, 4) is 0 Å². The maximum atomic E-state index is 12.0. The molecule has 0 spiro atoms. The van der Waals surface area contributed by atoms with Gasteiger partial charge in [-0.3, -0.25) is 4.79 Å². The van der Waals surface area contributed by atoms with Gasteiger partial charge in [0.1, 0.15) is 0 Å². The van der Waals surface area contributed by atoms with Crippen LogP contribution in [0.5, 0.6) is 0 Å². The highest BCUT2D eigenvalue weighted by Crippen LogP contribution is 2.30. The molecule has 2 heteroatoms. The molecular formula is C13H13ClO. The van der Waals surface area contributed by atoms with Gasteiger partial charge >= 0.3 is 0 Å². The highest BCUT2D eigenvalue weighted by Gasteiger charge is 2.29. The zero-order chi connectivity index (χ0) is 10.8. The summed E-state index contributed by atoms with van der Waals surface area (Å²) in [5.74, 6) is 0.361. The number of ketones is 1. The standard InChI is InChI=1S/C13H13ClO/c1-2-3-4-10-7-9-5-6-11(14)8-12(9)13(10)15/h2-3,5-6,8,10H,4,7H2,1H3. The van der Waals surface area contributed by atoms with Crippen molar-refractivity contribution < 1.29 is 4.79 Å². The van der Waals surface area contributed by atoms with Crippen LogP contribution in [-0.2, 0) is 6.42 Å². The third kappa shape index (κ3) is 1.98. The van der Waals surface area contributed by atoms with Gasteiger partial charge in [-0.05, 0) is 37.5 Å². The molecule has 0 amide bonds. The topological polar surface area (TPSA) is 17.1 Å². The van der Waals surface area contributed by atoms with E-state index in [-0.39, 0.29) is 11.7 Å². The number of fused-ring (bicyclic) bond motifs is 1. The largest absolute Gasteiger partial charge is 0.294 e. The summed E-state index contributed by atoms with van der Waals surface area (Å²) in [6.07, 6.45) is 5.73. The Morgan fingerprint density at radius 1 is 1.53 bits per heavy atom. The molecule has 0 heterocycles. The lowest BCUT2D eigenvalue weighted by molar-refractivity contribution is 0.0938. The molecule has 0 bridgehead atoms. The van der Waals surface area contributed by atoms with E-state index in [4.69, 9.17) is 11.6 Å². The van der Waals surface area contributed by atoms with Crippen LogP contribution < -0.4 is 0 Å². The number of Topliss-reactive ketones (excluding diaryl/α,β-unsaturated/α-hetero) is 1. The van der Waals surface area contributed by atoms with Crippen LogP contribution in [0, 0.1) is 5.92 Å². The molecule has 1 atom stereocenters. The predicted molar refractivity (Wildman–Crippen MR) is 62.4 cm³/mol. The zero-order valence-electron chi connectivity index (χ0n) is 8.66. The van der Waals surface area contributed by atoms with Crippen LogP contribution in [0.4, 0.5) is 0 Å². The number of hydrogen-bond donors (Lipinski definition) is 0. The second-order valence-corrected chi connectivity index (χ2v) is 4.31. The summed E-state index contributed by atoms with van der Waals surface area (Å²) in [5.41, 5.74) is 1.95.